The molecule has 1 aromatic carbocycles. The molecule has 1 heterocycles. The van der Waals surface area contributed by atoms with Crippen LogP contribution in [0.3, 0.4) is 0 Å². The van der Waals surface area contributed by atoms with Crippen LogP contribution < -0.4 is 4.90 Å². The number of carbonyl (C=O) groups is 1. The topological polar surface area (TPSA) is 53.4 Å². The highest BCUT2D eigenvalue weighted by atomic mass is 16.4. The first-order valence-electron chi connectivity index (χ1n) is 6.03. The van der Waals surface area contributed by atoms with Gasteiger partial charge >= 0.3 is 5.97 Å². The number of anilines is 1. The van der Waals surface area contributed by atoms with Crippen LogP contribution in [0.1, 0.15) is 21.6 Å². The Kier molecular flexibility index (Phi) is 3.80. The maximum Gasteiger partial charge on any atom is 0.335 e. The van der Waals surface area contributed by atoms with Crippen molar-refractivity contribution in [2.45, 2.75) is 13.5 Å². The number of carboxylic acids is 1. The van der Waals surface area contributed by atoms with Crippen molar-refractivity contribution in [1.82, 2.24) is 4.98 Å². The fourth-order valence-electron chi connectivity index (χ4n) is 1.95. The summed E-state index contributed by atoms with van der Waals surface area (Å²) in [5.41, 5.74) is 3.06. The van der Waals surface area contributed by atoms with E-state index in [1.54, 1.807) is 12.3 Å². The normalized spacial score (nSPS) is 10.2. The Bertz CT molecular complexity index is 582. The molecule has 98 valence electrons. The lowest BCUT2D eigenvalue weighted by Gasteiger charge is -2.19. The predicted molar refractivity (Wildman–Crippen MR) is 74.5 cm³/mol. The molecule has 0 saturated carbocycles. The van der Waals surface area contributed by atoms with Gasteiger partial charge in [-0.1, -0.05) is 6.07 Å². The third-order valence-electron chi connectivity index (χ3n) is 3.01. The Hall–Kier alpha value is -2.36. The van der Waals surface area contributed by atoms with Gasteiger partial charge in [0.05, 0.1) is 17.8 Å². The van der Waals surface area contributed by atoms with Crippen LogP contribution in [-0.2, 0) is 6.54 Å². The highest BCUT2D eigenvalue weighted by Gasteiger charge is 2.09. The number of hydrogen-bond donors (Lipinski definition) is 1. The van der Waals surface area contributed by atoms with Gasteiger partial charge in [-0.2, -0.15) is 0 Å². The molecule has 0 fully saturated rings. The van der Waals surface area contributed by atoms with Crippen LogP contribution in [0, 0.1) is 6.92 Å². The molecule has 1 N–H and O–H groups in total. The van der Waals surface area contributed by atoms with E-state index in [-0.39, 0.29) is 0 Å². The lowest BCUT2D eigenvalue weighted by Crippen LogP contribution is -2.17. The number of aromatic carboxylic acids is 1. The summed E-state index contributed by atoms with van der Waals surface area (Å²) in [4.78, 5) is 17.3. The number of carboxylic acid groups (broad SMARTS) is 1. The summed E-state index contributed by atoms with van der Waals surface area (Å²) in [5, 5.41) is 9.01. The Morgan fingerprint density at radius 1 is 1.32 bits per heavy atom. The van der Waals surface area contributed by atoms with Gasteiger partial charge in [-0.3, -0.25) is 4.98 Å². The first kappa shape index (κ1) is 13.1. The highest BCUT2D eigenvalue weighted by molar-refractivity contribution is 5.89. The Labute approximate surface area is 112 Å². The molecule has 0 atom stereocenters. The van der Waals surface area contributed by atoms with Crippen molar-refractivity contribution in [1.29, 1.82) is 0 Å². The SMILES string of the molecule is Cc1cc(N(C)Cc2ccccn2)ccc1C(=O)O. The van der Waals surface area contributed by atoms with Crippen LogP contribution in [0.2, 0.25) is 0 Å². The van der Waals surface area contributed by atoms with Crippen molar-refractivity contribution in [3.05, 3.63) is 59.4 Å². The molecule has 4 nitrogen and oxygen atoms in total. The molecule has 0 radical (unpaired) electrons. The third kappa shape index (κ3) is 3.10. The number of hydrogen-bond acceptors (Lipinski definition) is 3. The first-order valence-corrected chi connectivity index (χ1v) is 6.03. The van der Waals surface area contributed by atoms with E-state index in [0.29, 0.717) is 12.1 Å². The highest BCUT2D eigenvalue weighted by Crippen LogP contribution is 2.19. The number of benzene rings is 1. The van der Waals surface area contributed by atoms with E-state index in [9.17, 15) is 4.79 Å². The van der Waals surface area contributed by atoms with Crippen LogP contribution in [0.15, 0.2) is 42.6 Å². The molecular weight excluding hydrogens is 240 g/mol. The van der Waals surface area contributed by atoms with Crippen molar-refractivity contribution in [3.63, 3.8) is 0 Å². The molecule has 19 heavy (non-hydrogen) atoms. The minimum Gasteiger partial charge on any atom is -0.478 e. The van der Waals surface area contributed by atoms with Crippen LogP contribution in [0.5, 0.6) is 0 Å². The zero-order chi connectivity index (χ0) is 13.8. The minimum absolute atomic E-state index is 0.343. The smallest absolute Gasteiger partial charge is 0.335 e. The summed E-state index contributed by atoms with van der Waals surface area (Å²) >= 11 is 0. The summed E-state index contributed by atoms with van der Waals surface area (Å²) in [6.07, 6.45) is 1.77. The standard InChI is InChI=1S/C15H16N2O2/c1-11-9-13(6-7-14(11)15(18)19)17(2)10-12-5-3-4-8-16-12/h3-9H,10H2,1-2H3,(H,18,19). The van der Waals surface area contributed by atoms with E-state index in [1.165, 1.54) is 0 Å². The summed E-state index contributed by atoms with van der Waals surface area (Å²) in [5.74, 6) is -0.892. The van der Waals surface area contributed by atoms with Crippen molar-refractivity contribution in [2.24, 2.45) is 0 Å². The summed E-state index contributed by atoms with van der Waals surface area (Å²) < 4.78 is 0. The molecule has 4 heteroatoms. The maximum atomic E-state index is 11.0. The molecular formula is C15H16N2O2. The molecule has 0 amide bonds. The quantitative estimate of drug-likeness (QED) is 0.913. The van der Waals surface area contributed by atoms with Crippen LogP contribution in [0.4, 0.5) is 5.69 Å². The van der Waals surface area contributed by atoms with Crippen molar-refractivity contribution >= 4 is 11.7 Å². The van der Waals surface area contributed by atoms with Gasteiger partial charge < -0.3 is 10.0 Å². The van der Waals surface area contributed by atoms with Gasteiger partial charge in [-0.15, -0.1) is 0 Å². The Balaban J connectivity index is 2.18. The molecule has 2 aromatic rings. The van der Waals surface area contributed by atoms with Crippen LogP contribution in [0.25, 0.3) is 0 Å². The second kappa shape index (κ2) is 5.52. The van der Waals surface area contributed by atoms with E-state index in [0.717, 1.165) is 16.9 Å². The largest absolute Gasteiger partial charge is 0.478 e. The summed E-state index contributed by atoms with van der Waals surface area (Å²) in [7, 11) is 1.96. The van der Waals surface area contributed by atoms with Gasteiger partial charge in [0.1, 0.15) is 0 Å². The average molecular weight is 256 g/mol. The van der Waals surface area contributed by atoms with E-state index >= 15 is 0 Å². The van der Waals surface area contributed by atoms with E-state index in [4.69, 9.17) is 5.11 Å². The number of pyridine rings is 1. The van der Waals surface area contributed by atoms with Gasteiger partial charge in [-0.25, -0.2) is 4.79 Å². The van der Waals surface area contributed by atoms with Gasteiger partial charge in [0.2, 0.25) is 0 Å². The third-order valence-corrected chi connectivity index (χ3v) is 3.01. The maximum absolute atomic E-state index is 11.0. The number of rotatable bonds is 4. The molecule has 0 aliphatic heterocycles. The first-order chi connectivity index (χ1) is 9.08. The fraction of sp³-hybridized carbons (Fsp3) is 0.200. The van der Waals surface area contributed by atoms with E-state index < -0.39 is 5.97 Å². The molecule has 1 aromatic heterocycles. The van der Waals surface area contributed by atoms with Gasteiger partial charge in [0.15, 0.2) is 0 Å². The number of aromatic nitrogens is 1. The summed E-state index contributed by atoms with van der Waals surface area (Å²) in [6, 6.07) is 11.1. The molecule has 0 bridgehead atoms. The van der Waals surface area contributed by atoms with Crippen LogP contribution in [-0.4, -0.2) is 23.1 Å². The zero-order valence-electron chi connectivity index (χ0n) is 11.0. The second-order valence-electron chi connectivity index (χ2n) is 4.48. The van der Waals surface area contributed by atoms with Gasteiger partial charge in [-0.05, 0) is 42.8 Å². The van der Waals surface area contributed by atoms with E-state index in [1.807, 2.05) is 49.2 Å². The fourth-order valence-corrected chi connectivity index (χ4v) is 1.95. The van der Waals surface area contributed by atoms with Gasteiger partial charge in [0, 0.05) is 18.9 Å². The van der Waals surface area contributed by atoms with Crippen molar-refractivity contribution < 1.29 is 9.90 Å². The molecule has 2 rings (SSSR count). The lowest BCUT2D eigenvalue weighted by atomic mass is 10.1. The molecule has 0 aliphatic carbocycles. The second-order valence-corrected chi connectivity index (χ2v) is 4.48. The average Bonchev–Trinajstić information content (AvgIpc) is 2.39. The van der Waals surface area contributed by atoms with Crippen molar-refractivity contribution in [2.75, 3.05) is 11.9 Å². The molecule has 0 spiro atoms. The lowest BCUT2D eigenvalue weighted by molar-refractivity contribution is 0.0696. The summed E-state index contributed by atoms with van der Waals surface area (Å²) in [6.45, 7) is 2.49. The Morgan fingerprint density at radius 2 is 2.11 bits per heavy atom. The molecule has 0 aliphatic rings. The minimum atomic E-state index is -0.892. The Morgan fingerprint density at radius 3 is 2.68 bits per heavy atom. The van der Waals surface area contributed by atoms with Gasteiger partial charge in [0.25, 0.3) is 0 Å². The van der Waals surface area contributed by atoms with E-state index in [2.05, 4.69) is 4.98 Å². The zero-order valence-corrected chi connectivity index (χ0v) is 11.0. The number of aryl methyl sites for hydroxylation is 1. The van der Waals surface area contributed by atoms with Crippen LogP contribution >= 0.6 is 0 Å². The predicted octanol–water partition coefficient (Wildman–Crippen LogP) is 2.72. The number of nitrogens with zero attached hydrogens (tertiary/aromatic N) is 2. The molecule has 0 saturated heterocycles. The monoisotopic (exact) mass is 256 g/mol. The van der Waals surface area contributed by atoms with Crippen molar-refractivity contribution in [3.8, 4) is 0 Å². The molecule has 0 unspecified atom stereocenters.